The van der Waals surface area contributed by atoms with Gasteiger partial charge in [-0.1, -0.05) is 13.0 Å². The second kappa shape index (κ2) is 4.06. The highest BCUT2D eigenvalue weighted by Gasteiger charge is 2.30. The van der Waals surface area contributed by atoms with Crippen molar-refractivity contribution < 1.29 is 4.74 Å². The minimum absolute atomic E-state index is 0.381. The highest BCUT2D eigenvalue weighted by molar-refractivity contribution is 4.90. The van der Waals surface area contributed by atoms with Crippen molar-refractivity contribution in [2.24, 2.45) is 5.92 Å². The van der Waals surface area contributed by atoms with Gasteiger partial charge < -0.3 is 10.1 Å². The first-order valence-corrected chi connectivity index (χ1v) is 4.65. The first kappa shape index (κ1) is 9.75. The van der Waals surface area contributed by atoms with Crippen LogP contribution in [0.5, 0.6) is 0 Å². The Kier molecular flexibility index (Phi) is 3.29. The maximum Gasteiger partial charge on any atom is 0.0627 e. The zero-order chi connectivity index (χ0) is 9.14. The lowest BCUT2D eigenvalue weighted by Gasteiger charge is -2.20. The SMILES string of the molecule is C=CC(C)NC1COC(C)C1C. The van der Waals surface area contributed by atoms with Gasteiger partial charge in [0, 0.05) is 12.1 Å². The molecule has 0 aromatic rings. The van der Waals surface area contributed by atoms with E-state index in [2.05, 4.69) is 32.7 Å². The average molecular weight is 169 g/mol. The van der Waals surface area contributed by atoms with Gasteiger partial charge in [0.15, 0.2) is 0 Å². The number of hydrogen-bond acceptors (Lipinski definition) is 2. The van der Waals surface area contributed by atoms with Crippen molar-refractivity contribution in [2.75, 3.05) is 6.61 Å². The summed E-state index contributed by atoms with van der Waals surface area (Å²) in [5.41, 5.74) is 0. The van der Waals surface area contributed by atoms with E-state index in [1.54, 1.807) is 0 Å². The molecule has 0 radical (unpaired) electrons. The summed E-state index contributed by atoms with van der Waals surface area (Å²) in [6.45, 7) is 11.0. The van der Waals surface area contributed by atoms with E-state index in [-0.39, 0.29) is 0 Å². The van der Waals surface area contributed by atoms with Crippen LogP contribution in [0.1, 0.15) is 20.8 Å². The minimum Gasteiger partial charge on any atom is -0.377 e. The van der Waals surface area contributed by atoms with Gasteiger partial charge in [0.05, 0.1) is 12.7 Å². The van der Waals surface area contributed by atoms with E-state index in [1.165, 1.54) is 0 Å². The van der Waals surface area contributed by atoms with Gasteiger partial charge in [0.25, 0.3) is 0 Å². The highest BCUT2D eigenvalue weighted by Crippen LogP contribution is 2.20. The number of hydrogen-bond donors (Lipinski definition) is 1. The summed E-state index contributed by atoms with van der Waals surface area (Å²) in [6.07, 6.45) is 2.31. The van der Waals surface area contributed by atoms with Crippen LogP contribution in [0.15, 0.2) is 12.7 Å². The van der Waals surface area contributed by atoms with Crippen LogP contribution in [0.25, 0.3) is 0 Å². The van der Waals surface area contributed by atoms with Crippen LogP contribution in [0.2, 0.25) is 0 Å². The molecule has 1 rings (SSSR count). The summed E-state index contributed by atoms with van der Waals surface area (Å²) < 4.78 is 5.53. The normalized spacial score (nSPS) is 38.1. The standard InChI is InChI=1S/C10H19NO/c1-5-7(2)11-10-6-12-9(4)8(10)3/h5,7-11H,1,6H2,2-4H3. The molecule has 1 aliphatic heterocycles. The second-order valence-corrected chi connectivity index (χ2v) is 3.70. The molecule has 1 heterocycles. The average Bonchev–Trinajstić information content (AvgIpc) is 2.36. The van der Waals surface area contributed by atoms with Gasteiger partial charge in [-0.2, -0.15) is 0 Å². The zero-order valence-electron chi connectivity index (χ0n) is 8.21. The maximum absolute atomic E-state index is 5.53. The molecule has 2 nitrogen and oxygen atoms in total. The van der Waals surface area contributed by atoms with E-state index < -0.39 is 0 Å². The van der Waals surface area contributed by atoms with E-state index in [0.717, 1.165) is 6.61 Å². The summed E-state index contributed by atoms with van der Waals surface area (Å²) in [7, 11) is 0. The molecular weight excluding hydrogens is 150 g/mol. The fraction of sp³-hybridized carbons (Fsp3) is 0.800. The van der Waals surface area contributed by atoms with Crippen molar-refractivity contribution in [3.8, 4) is 0 Å². The highest BCUT2D eigenvalue weighted by atomic mass is 16.5. The molecule has 4 atom stereocenters. The Morgan fingerprint density at radius 3 is 2.67 bits per heavy atom. The van der Waals surface area contributed by atoms with Gasteiger partial charge in [-0.05, 0) is 19.8 Å². The maximum atomic E-state index is 5.53. The van der Waals surface area contributed by atoms with Gasteiger partial charge in [0.1, 0.15) is 0 Å². The molecule has 1 fully saturated rings. The first-order valence-electron chi connectivity index (χ1n) is 4.65. The van der Waals surface area contributed by atoms with Crippen LogP contribution in [0.3, 0.4) is 0 Å². The predicted octanol–water partition coefficient (Wildman–Crippen LogP) is 1.57. The van der Waals surface area contributed by atoms with E-state index in [9.17, 15) is 0 Å². The Hall–Kier alpha value is -0.340. The smallest absolute Gasteiger partial charge is 0.0627 e. The molecule has 0 spiro atoms. The zero-order valence-corrected chi connectivity index (χ0v) is 8.21. The molecule has 1 aliphatic rings. The minimum atomic E-state index is 0.381. The van der Waals surface area contributed by atoms with Gasteiger partial charge in [-0.15, -0.1) is 6.58 Å². The predicted molar refractivity (Wildman–Crippen MR) is 51.2 cm³/mol. The summed E-state index contributed by atoms with van der Waals surface area (Å²) >= 11 is 0. The number of nitrogens with one attached hydrogen (secondary N) is 1. The number of ether oxygens (including phenoxy) is 1. The molecule has 0 amide bonds. The third-order valence-electron chi connectivity index (χ3n) is 2.74. The summed E-state index contributed by atoms with van der Waals surface area (Å²) in [6, 6.07) is 0.874. The third-order valence-corrected chi connectivity index (χ3v) is 2.74. The van der Waals surface area contributed by atoms with Crippen LogP contribution in [0.4, 0.5) is 0 Å². The lowest BCUT2D eigenvalue weighted by Crippen LogP contribution is -2.40. The van der Waals surface area contributed by atoms with Crippen LogP contribution in [-0.2, 0) is 4.74 Å². The molecule has 0 aromatic heterocycles. The lowest BCUT2D eigenvalue weighted by molar-refractivity contribution is 0.108. The van der Waals surface area contributed by atoms with Crippen molar-refractivity contribution in [1.82, 2.24) is 5.32 Å². The molecule has 1 saturated heterocycles. The summed E-state index contributed by atoms with van der Waals surface area (Å²) in [5.74, 6) is 0.604. The molecule has 0 aliphatic carbocycles. The van der Waals surface area contributed by atoms with Gasteiger partial charge in [0.2, 0.25) is 0 Å². The van der Waals surface area contributed by atoms with Crippen molar-refractivity contribution in [3.63, 3.8) is 0 Å². The molecule has 12 heavy (non-hydrogen) atoms. The lowest BCUT2D eigenvalue weighted by atomic mass is 10.00. The van der Waals surface area contributed by atoms with E-state index in [0.29, 0.717) is 24.1 Å². The Morgan fingerprint density at radius 2 is 2.25 bits per heavy atom. The van der Waals surface area contributed by atoms with Crippen LogP contribution >= 0.6 is 0 Å². The second-order valence-electron chi connectivity index (χ2n) is 3.70. The molecule has 1 N–H and O–H groups in total. The van der Waals surface area contributed by atoms with E-state index >= 15 is 0 Å². The Labute approximate surface area is 75.0 Å². The summed E-state index contributed by atoms with van der Waals surface area (Å²) in [4.78, 5) is 0. The molecular formula is C10H19NO. The quantitative estimate of drug-likeness (QED) is 0.648. The van der Waals surface area contributed by atoms with Crippen molar-refractivity contribution in [1.29, 1.82) is 0 Å². The van der Waals surface area contributed by atoms with Crippen molar-refractivity contribution >= 4 is 0 Å². The molecule has 2 heteroatoms. The van der Waals surface area contributed by atoms with Gasteiger partial charge in [-0.25, -0.2) is 0 Å². The monoisotopic (exact) mass is 169 g/mol. The topological polar surface area (TPSA) is 21.3 Å². The Bertz CT molecular complexity index is 158. The molecule has 4 unspecified atom stereocenters. The van der Waals surface area contributed by atoms with Crippen LogP contribution in [-0.4, -0.2) is 24.8 Å². The Morgan fingerprint density at radius 1 is 1.58 bits per heavy atom. The number of rotatable bonds is 3. The largest absolute Gasteiger partial charge is 0.377 e. The molecule has 0 saturated carbocycles. The summed E-state index contributed by atoms with van der Waals surface area (Å²) in [5, 5.41) is 3.47. The Balaban J connectivity index is 2.38. The fourth-order valence-electron chi connectivity index (χ4n) is 1.49. The molecule has 0 aromatic carbocycles. The fourth-order valence-corrected chi connectivity index (χ4v) is 1.49. The first-order chi connectivity index (χ1) is 5.65. The molecule has 70 valence electrons. The van der Waals surface area contributed by atoms with E-state index in [4.69, 9.17) is 4.74 Å². The van der Waals surface area contributed by atoms with Gasteiger partial charge in [-0.3, -0.25) is 0 Å². The van der Waals surface area contributed by atoms with Crippen molar-refractivity contribution in [2.45, 2.75) is 39.0 Å². The van der Waals surface area contributed by atoms with E-state index in [1.807, 2.05) is 6.08 Å². The third kappa shape index (κ3) is 2.08. The molecule has 0 bridgehead atoms. The van der Waals surface area contributed by atoms with Crippen LogP contribution < -0.4 is 5.32 Å². The van der Waals surface area contributed by atoms with Crippen LogP contribution in [0, 0.1) is 5.92 Å². The van der Waals surface area contributed by atoms with Crippen molar-refractivity contribution in [3.05, 3.63) is 12.7 Å². The van der Waals surface area contributed by atoms with Gasteiger partial charge >= 0.3 is 0 Å².